The van der Waals surface area contributed by atoms with Crippen molar-refractivity contribution in [3.8, 4) is 0 Å². The molecule has 0 fully saturated rings. The van der Waals surface area contributed by atoms with E-state index in [1.807, 2.05) is 0 Å². The summed E-state index contributed by atoms with van der Waals surface area (Å²) in [5.41, 5.74) is 0. The predicted molar refractivity (Wildman–Crippen MR) is 43.7 cm³/mol. The van der Waals surface area contributed by atoms with Gasteiger partial charge in [-0.1, -0.05) is 0 Å². The zero-order valence-electron chi connectivity index (χ0n) is 8.05. The van der Waals surface area contributed by atoms with E-state index in [1.54, 1.807) is 20.8 Å². The first-order chi connectivity index (χ1) is 5.52. The predicted octanol–water partition coefficient (Wildman–Crippen LogP) is 0.949. The lowest BCUT2D eigenvalue weighted by Crippen LogP contribution is -2.30. The zero-order valence-corrected chi connectivity index (χ0v) is 8.05. The molecule has 0 bridgehead atoms. The summed E-state index contributed by atoms with van der Waals surface area (Å²) in [6.45, 7) is 5.50. The monoisotopic (exact) mass is 176 g/mol. The molecule has 72 valence electrons. The van der Waals surface area contributed by atoms with Gasteiger partial charge >= 0.3 is 5.97 Å². The average Bonchev–Trinajstić information content (AvgIpc) is 2.02. The molecule has 0 unspecified atom stereocenters. The Bertz CT molecular complexity index is 142. The molecule has 0 rings (SSSR count). The van der Waals surface area contributed by atoms with E-state index in [2.05, 4.69) is 4.74 Å². The third-order valence-electron chi connectivity index (χ3n) is 1.33. The summed E-state index contributed by atoms with van der Waals surface area (Å²) >= 11 is 0. The molecule has 0 radical (unpaired) electrons. The molecular formula is C8H16O4. The molecule has 0 saturated heterocycles. The molecule has 0 aromatic carbocycles. The first kappa shape index (κ1) is 11.4. The molecule has 0 aromatic heterocycles. The minimum Gasteiger partial charge on any atom is -0.464 e. The summed E-state index contributed by atoms with van der Waals surface area (Å²) in [5, 5.41) is 0. The summed E-state index contributed by atoms with van der Waals surface area (Å²) in [5.74, 6) is -1.10. The Labute approximate surface area is 72.8 Å². The number of hydrogen-bond acceptors (Lipinski definition) is 4. The molecule has 0 aliphatic rings. The Morgan fingerprint density at radius 1 is 1.42 bits per heavy atom. The van der Waals surface area contributed by atoms with Gasteiger partial charge in [-0.15, -0.1) is 0 Å². The second kappa shape index (κ2) is 5.11. The van der Waals surface area contributed by atoms with Crippen LogP contribution in [0.2, 0.25) is 0 Å². The van der Waals surface area contributed by atoms with Gasteiger partial charge in [0.05, 0.1) is 6.61 Å². The minimum atomic E-state index is -0.729. The van der Waals surface area contributed by atoms with Crippen molar-refractivity contribution in [2.24, 2.45) is 0 Å². The first-order valence-corrected chi connectivity index (χ1v) is 3.86. The van der Waals surface area contributed by atoms with Gasteiger partial charge in [-0.25, -0.2) is 4.79 Å². The van der Waals surface area contributed by atoms with E-state index >= 15 is 0 Å². The number of rotatable bonds is 5. The fourth-order valence-electron chi connectivity index (χ4n) is 0.494. The van der Waals surface area contributed by atoms with Gasteiger partial charge < -0.3 is 14.2 Å². The maximum Gasteiger partial charge on any atom is 0.332 e. The molecule has 0 N–H and O–H groups in total. The molecule has 0 saturated carbocycles. The van der Waals surface area contributed by atoms with E-state index in [4.69, 9.17) is 9.47 Å². The Balaban J connectivity index is 3.60. The highest BCUT2D eigenvalue weighted by Crippen LogP contribution is 2.08. The highest BCUT2D eigenvalue weighted by Gasteiger charge is 2.18. The van der Waals surface area contributed by atoms with Gasteiger partial charge in [-0.2, -0.15) is 0 Å². The maximum absolute atomic E-state index is 10.8. The van der Waals surface area contributed by atoms with Gasteiger partial charge in [-0.05, 0) is 20.8 Å². The van der Waals surface area contributed by atoms with Crippen LogP contribution in [0.5, 0.6) is 0 Å². The minimum absolute atomic E-state index is 0.0747. The summed E-state index contributed by atoms with van der Waals surface area (Å²) < 4.78 is 14.7. The van der Waals surface area contributed by atoms with E-state index in [0.717, 1.165) is 0 Å². The van der Waals surface area contributed by atoms with Crippen molar-refractivity contribution < 1.29 is 19.0 Å². The Morgan fingerprint density at radius 3 is 2.42 bits per heavy atom. The fraction of sp³-hybridized carbons (Fsp3) is 0.875. The van der Waals surface area contributed by atoms with Crippen LogP contribution >= 0.6 is 0 Å². The van der Waals surface area contributed by atoms with Crippen molar-refractivity contribution in [1.29, 1.82) is 0 Å². The van der Waals surface area contributed by atoms with E-state index in [9.17, 15) is 4.79 Å². The number of hydrogen-bond donors (Lipinski definition) is 0. The number of ether oxygens (including phenoxy) is 3. The molecular weight excluding hydrogens is 160 g/mol. The molecule has 0 aliphatic carbocycles. The summed E-state index contributed by atoms with van der Waals surface area (Å²) in [6.07, 6.45) is 0. The van der Waals surface area contributed by atoms with E-state index < -0.39 is 5.79 Å². The standard InChI is InChI=1S/C8H16O4/c1-5-11-7(9)6-12-8(2,3)10-4/h5-6H2,1-4H3. The number of carbonyl (C=O) groups is 1. The van der Waals surface area contributed by atoms with Crippen molar-refractivity contribution in [1.82, 2.24) is 0 Å². The van der Waals surface area contributed by atoms with Crippen LogP contribution in [-0.2, 0) is 19.0 Å². The largest absolute Gasteiger partial charge is 0.464 e. The quantitative estimate of drug-likeness (QED) is 0.462. The lowest BCUT2D eigenvalue weighted by Gasteiger charge is -2.22. The van der Waals surface area contributed by atoms with Crippen LogP contribution in [0.4, 0.5) is 0 Å². The lowest BCUT2D eigenvalue weighted by molar-refractivity contribution is -0.206. The van der Waals surface area contributed by atoms with E-state index in [1.165, 1.54) is 7.11 Å². The molecule has 4 heteroatoms. The van der Waals surface area contributed by atoms with Gasteiger partial charge in [0, 0.05) is 7.11 Å². The smallest absolute Gasteiger partial charge is 0.332 e. The van der Waals surface area contributed by atoms with Crippen LogP contribution in [0, 0.1) is 0 Å². The second-order valence-corrected chi connectivity index (χ2v) is 2.70. The molecule has 12 heavy (non-hydrogen) atoms. The summed E-state index contributed by atoms with van der Waals surface area (Å²) in [7, 11) is 1.52. The number of carbonyl (C=O) groups excluding carboxylic acids is 1. The van der Waals surface area contributed by atoms with E-state index in [0.29, 0.717) is 6.61 Å². The lowest BCUT2D eigenvalue weighted by atomic mass is 10.4. The number of esters is 1. The maximum atomic E-state index is 10.8. The van der Waals surface area contributed by atoms with E-state index in [-0.39, 0.29) is 12.6 Å². The van der Waals surface area contributed by atoms with Crippen LogP contribution in [-0.4, -0.2) is 32.1 Å². The summed E-state index contributed by atoms with van der Waals surface area (Å²) in [6, 6.07) is 0. The van der Waals surface area contributed by atoms with Crippen LogP contribution in [0.25, 0.3) is 0 Å². The molecule has 0 heterocycles. The van der Waals surface area contributed by atoms with Crippen molar-refractivity contribution in [2.75, 3.05) is 20.3 Å². The third kappa shape index (κ3) is 5.09. The normalized spacial score (nSPS) is 11.3. The third-order valence-corrected chi connectivity index (χ3v) is 1.33. The average molecular weight is 176 g/mol. The zero-order chi connectivity index (χ0) is 9.61. The Hall–Kier alpha value is -0.610. The highest BCUT2D eigenvalue weighted by molar-refractivity contribution is 5.70. The Kier molecular flexibility index (Phi) is 4.85. The highest BCUT2D eigenvalue weighted by atomic mass is 16.7. The fourth-order valence-corrected chi connectivity index (χ4v) is 0.494. The van der Waals surface area contributed by atoms with Gasteiger partial charge in [0.1, 0.15) is 6.61 Å². The van der Waals surface area contributed by atoms with Crippen molar-refractivity contribution in [3.63, 3.8) is 0 Å². The summed E-state index contributed by atoms with van der Waals surface area (Å²) in [4.78, 5) is 10.8. The molecule has 0 aromatic rings. The first-order valence-electron chi connectivity index (χ1n) is 3.86. The van der Waals surface area contributed by atoms with Crippen molar-refractivity contribution in [3.05, 3.63) is 0 Å². The van der Waals surface area contributed by atoms with Crippen LogP contribution in [0.3, 0.4) is 0 Å². The van der Waals surface area contributed by atoms with Crippen LogP contribution < -0.4 is 0 Å². The van der Waals surface area contributed by atoms with Gasteiger partial charge in [0.2, 0.25) is 0 Å². The van der Waals surface area contributed by atoms with Gasteiger partial charge in [0.25, 0.3) is 0 Å². The van der Waals surface area contributed by atoms with Gasteiger partial charge in [0.15, 0.2) is 5.79 Å². The Morgan fingerprint density at radius 2 is 2.00 bits per heavy atom. The molecule has 0 aliphatic heterocycles. The second-order valence-electron chi connectivity index (χ2n) is 2.70. The SMILES string of the molecule is CCOC(=O)COC(C)(C)OC. The topological polar surface area (TPSA) is 44.8 Å². The van der Waals surface area contributed by atoms with Crippen LogP contribution in [0.1, 0.15) is 20.8 Å². The van der Waals surface area contributed by atoms with Crippen molar-refractivity contribution >= 4 is 5.97 Å². The number of methoxy groups -OCH3 is 1. The molecule has 4 nitrogen and oxygen atoms in total. The molecule has 0 spiro atoms. The molecule has 0 amide bonds. The van der Waals surface area contributed by atoms with Crippen LogP contribution in [0.15, 0.2) is 0 Å². The van der Waals surface area contributed by atoms with Crippen molar-refractivity contribution in [2.45, 2.75) is 26.6 Å². The van der Waals surface area contributed by atoms with Gasteiger partial charge in [-0.3, -0.25) is 0 Å². The molecule has 0 atom stereocenters.